The monoisotopic (exact) mass is 979 g/mol. The Bertz CT molecular complexity index is 1980. The molecule has 25 nitrogen and oxygen atoms in total. The lowest BCUT2D eigenvalue weighted by Crippen LogP contribution is -2.62. The molecule has 386 valence electrons. The quantitative estimate of drug-likeness (QED) is 0.0395. The number of nitrogens with zero attached hydrogens (tertiary/aromatic N) is 1. The van der Waals surface area contributed by atoms with Gasteiger partial charge < -0.3 is 79.1 Å². The number of carboxylic acid groups (broad SMARTS) is 1. The van der Waals surface area contributed by atoms with E-state index in [0.717, 1.165) is 13.8 Å². The molecule has 1 aliphatic heterocycles. The van der Waals surface area contributed by atoms with Gasteiger partial charge in [-0.3, -0.25) is 43.2 Å². The molecule has 0 aliphatic carbocycles. The van der Waals surface area contributed by atoms with E-state index in [2.05, 4.69) is 37.2 Å². The highest BCUT2D eigenvalue weighted by Crippen LogP contribution is 2.22. The maximum Gasteiger partial charge on any atom is 0.326 e. The second-order valence-electron chi connectivity index (χ2n) is 18.0. The predicted octanol–water partition coefficient (Wildman–Crippen LogP) is -4.53. The van der Waals surface area contributed by atoms with Crippen LogP contribution < -0.4 is 48.7 Å². The first kappa shape index (κ1) is 58.7. The number of amides is 9. The molecule has 1 fully saturated rings. The molecule has 16 N–H and O–H groups in total. The highest BCUT2D eigenvalue weighted by atomic mass is 16.4. The summed E-state index contributed by atoms with van der Waals surface area (Å²) < 4.78 is 0. The van der Waals surface area contributed by atoms with E-state index in [1.807, 2.05) is 0 Å². The van der Waals surface area contributed by atoms with Crippen molar-refractivity contribution >= 4 is 59.1 Å². The summed E-state index contributed by atoms with van der Waals surface area (Å²) in [5, 5.41) is 66.0. The van der Waals surface area contributed by atoms with Crippen LogP contribution in [-0.2, 0) is 54.4 Å². The summed E-state index contributed by atoms with van der Waals surface area (Å²) in [6, 6.07) is -7.42. The van der Waals surface area contributed by atoms with E-state index in [-0.39, 0.29) is 49.8 Å². The fraction of sp³-hybridized carbons (Fsp3) is 0.636. The molecule has 0 unspecified atom stereocenters. The molecule has 9 amide bonds. The van der Waals surface area contributed by atoms with Crippen molar-refractivity contribution < 1.29 is 73.5 Å². The molecule has 1 aromatic rings. The molecule has 0 spiro atoms. The molecule has 69 heavy (non-hydrogen) atoms. The Morgan fingerprint density at radius 2 is 1.16 bits per heavy atom. The number of hydrogen-bond acceptors (Lipinski definition) is 15. The van der Waals surface area contributed by atoms with Crippen molar-refractivity contribution in [2.24, 2.45) is 23.3 Å². The average Bonchev–Trinajstić information content (AvgIpc) is 3.76. The van der Waals surface area contributed by atoms with Crippen molar-refractivity contribution in [1.82, 2.24) is 42.1 Å². The number of benzene rings is 1. The average molecular weight is 979 g/mol. The van der Waals surface area contributed by atoms with Crippen LogP contribution in [-0.4, -0.2) is 169 Å². The summed E-state index contributed by atoms with van der Waals surface area (Å²) in [5.41, 5.74) is 11.7. The molecule has 1 saturated heterocycles. The van der Waals surface area contributed by atoms with Crippen LogP contribution in [0.5, 0.6) is 5.75 Å². The maximum atomic E-state index is 14.3. The number of aliphatic hydroxyl groups is 3. The van der Waals surface area contributed by atoms with Gasteiger partial charge in [0.1, 0.15) is 60.1 Å². The topological polar surface area (TPSA) is 411 Å². The van der Waals surface area contributed by atoms with Gasteiger partial charge in [-0.05, 0) is 76.0 Å². The lowest BCUT2D eigenvalue weighted by molar-refractivity contribution is -0.143. The third kappa shape index (κ3) is 18.9. The van der Waals surface area contributed by atoms with Crippen LogP contribution in [0.25, 0.3) is 0 Å². The van der Waals surface area contributed by atoms with E-state index < -0.39 is 139 Å². The summed E-state index contributed by atoms with van der Waals surface area (Å²) in [7, 11) is 0. The Morgan fingerprint density at radius 1 is 0.652 bits per heavy atom. The summed E-state index contributed by atoms with van der Waals surface area (Å²) in [4.78, 5) is 133. The van der Waals surface area contributed by atoms with Gasteiger partial charge in [-0.2, -0.15) is 0 Å². The van der Waals surface area contributed by atoms with Gasteiger partial charge in [0.2, 0.25) is 53.2 Å². The fourth-order valence-electron chi connectivity index (χ4n) is 7.19. The van der Waals surface area contributed by atoms with E-state index >= 15 is 0 Å². The van der Waals surface area contributed by atoms with Crippen molar-refractivity contribution in [2.45, 2.75) is 154 Å². The van der Waals surface area contributed by atoms with Crippen molar-refractivity contribution in [2.75, 3.05) is 13.2 Å². The first-order chi connectivity index (χ1) is 32.2. The van der Waals surface area contributed by atoms with Gasteiger partial charge in [0.25, 0.3) is 0 Å². The molecule has 1 heterocycles. The number of phenols is 1. The van der Waals surface area contributed by atoms with Gasteiger partial charge in [-0.15, -0.1) is 0 Å². The molecule has 11 atom stereocenters. The summed E-state index contributed by atoms with van der Waals surface area (Å²) in [5.74, 6) is -10.4. The normalized spacial score (nSPS) is 17.9. The smallest absolute Gasteiger partial charge is 0.326 e. The Hall–Kier alpha value is -6.44. The number of aliphatic hydroxyl groups excluding tert-OH is 3. The number of phenolic OH excluding ortho intramolecular Hbond substituents is 1. The molecule has 1 aliphatic rings. The van der Waals surface area contributed by atoms with Crippen LogP contribution in [0.2, 0.25) is 0 Å². The van der Waals surface area contributed by atoms with Gasteiger partial charge in [0, 0.05) is 13.0 Å². The third-order valence-electron chi connectivity index (χ3n) is 11.0. The molecule has 0 radical (unpaired) electrons. The number of carbonyl (C=O) groups is 10. The molecular weight excluding hydrogens is 909 g/mol. The van der Waals surface area contributed by atoms with Crippen LogP contribution in [0.15, 0.2) is 24.3 Å². The molecule has 0 saturated carbocycles. The number of rotatable bonds is 27. The Morgan fingerprint density at radius 3 is 1.68 bits per heavy atom. The Kier molecular flexibility index (Phi) is 23.4. The fourth-order valence-corrected chi connectivity index (χ4v) is 7.19. The van der Waals surface area contributed by atoms with E-state index in [0.29, 0.717) is 12.0 Å². The summed E-state index contributed by atoms with van der Waals surface area (Å²) in [6.45, 7) is 9.71. The highest BCUT2D eigenvalue weighted by molar-refractivity contribution is 5.99. The van der Waals surface area contributed by atoms with Gasteiger partial charge >= 0.3 is 5.97 Å². The first-order valence-electron chi connectivity index (χ1n) is 22.6. The van der Waals surface area contributed by atoms with Crippen LogP contribution >= 0.6 is 0 Å². The molecule has 0 aromatic heterocycles. The van der Waals surface area contributed by atoms with Gasteiger partial charge in [-0.1, -0.05) is 39.8 Å². The van der Waals surface area contributed by atoms with E-state index in [1.54, 1.807) is 27.7 Å². The van der Waals surface area contributed by atoms with Gasteiger partial charge in [0.15, 0.2) is 0 Å². The van der Waals surface area contributed by atoms with Crippen molar-refractivity contribution in [3.05, 3.63) is 29.8 Å². The SMILES string of the molecule is CC(C)C[C@H](NC(=O)[C@H](CO)NC(=O)[C@H](C)NC(=O)[C@H](CC(N)=O)NC(=O)[C@@H](NC(=O)[C@@H]1CCCN1C(=O)[C@H](CC(C)C)NC(=O)[C@H](Cc1ccc(O)cc1)NC(=O)[C@@H](N)[C@@H](C)O)[C@@H](C)O)C(=O)O. The summed E-state index contributed by atoms with van der Waals surface area (Å²) >= 11 is 0. The van der Waals surface area contributed by atoms with E-state index in [1.165, 1.54) is 36.1 Å². The lowest BCUT2D eigenvalue weighted by Gasteiger charge is -2.32. The van der Waals surface area contributed by atoms with E-state index in [4.69, 9.17) is 11.5 Å². The van der Waals surface area contributed by atoms with Gasteiger partial charge in [0.05, 0.1) is 25.2 Å². The number of nitrogens with two attached hydrogens (primary N) is 2. The van der Waals surface area contributed by atoms with Crippen LogP contribution in [0.4, 0.5) is 0 Å². The van der Waals surface area contributed by atoms with E-state index in [9.17, 15) is 73.5 Å². The van der Waals surface area contributed by atoms with Crippen molar-refractivity contribution in [3.63, 3.8) is 0 Å². The zero-order valence-corrected chi connectivity index (χ0v) is 39.9. The zero-order valence-electron chi connectivity index (χ0n) is 39.9. The van der Waals surface area contributed by atoms with Crippen molar-refractivity contribution in [3.8, 4) is 5.75 Å². The highest BCUT2D eigenvalue weighted by Gasteiger charge is 2.41. The second-order valence-corrected chi connectivity index (χ2v) is 18.0. The summed E-state index contributed by atoms with van der Waals surface area (Å²) in [6.07, 6.45) is -3.32. The maximum absolute atomic E-state index is 14.3. The Balaban J connectivity index is 2.25. The zero-order chi connectivity index (χ0) is 52.4. The number of nitrogens with one attached hydrogen (secondary N) is 7. The van der Waals surface area contributed by atoms with Crippen LogP contribution in [0.3, 0.4) is 0 Å². The number of aromatic hydroxyl groups is 1. The lowest BCUT2D eigenvalue weighted by atomic mass is 10.00. The number of carboxylic acids is 1. The number of aliphatic carboxylic acids is 1. The van der Waals surface area contributed by atoms with Crippen molar-refractivity contribution in [1.29, 1.82) is 0 Å². The molecule has 2 rings (SSSR count). The molecular formula is C44H70N10O15. The largest absolute Gasteiger partial charge is 0.508 e. The first-order valence-corrected chi connectivity index (χ1v) is 22.6. The van der Waals surface area contributed by atoms with Crippen LogP contribution in [0.1, 0.15) is 86.1 Å². The second kappa shape index (κ2) is 27.5. The standard InChI is InChI=1S/C44H70N10O15/c1-20(2)15-29(50-38(62)27(48-41(65)34(46)23(6)56)17-25-10-12-26(58)13-11-25)43(67)54-14-8-9-32(54)40(64)53-35(24(7)57)42(66)49-28(18-33(45)59)37(61)47-22(5)36(60)52-31(19-55)39(63)51-30(44(68)69)16-21(3)4/h10-13,20-24,27-32,34-35,55-58H,8-9,14-19,46H2,1-7H3,(H2,45,59)(H,47,61)(H,48,65)(H,49,66)(H,50,62)(H,51,63)(H,52,60)(H,53,64)(H,68,69)/t22-,23+,24+,27-,28-,29-,30-,31-,32-,34-,35-/m0/s1. The van der Waals surface area contributed by atoms with Gasteiger partial charge in [-0.25, -0.2) is 4.79 Å². The number of primary amides is 1. The number of hydrogen-bond donors (Lipinski definition) is 14. The predicted molar refractivity (Wildman–Crippen MR) is 245 cm³/mol. The minimum absolute atomic E-state index is 0.0428. The third-order valence-corrected chi connectivity index (χ3v) is 11.0. The molecule has 0 bridgehead atoms. The number of carbonyl (C=O) groups excluding carboxylic acids is 9. The minimum Gasteiger partial charge on any atom is -0.508 e. The van der Waals surface area contributed by atoms with Crippen LogP contribution in [0, 0.1) is 11.8 Å². The number of likely N-dealkylation sites (tertiary alicyclic amines) is 1. The Labute approximate surface area is 399 Å². The molecule has 1 aromatic carbocycles. The minimum atomic E-state index is -1.79. The molecule has 25 heteroatoms.